The molecule has 7 nitrogen and oxygen atoms in total. The van der Waals surface area contributed by atoms with E-state index in [1.54, 1.807) is 27.2 Å². The van der Waals surface area contributed by atoms with E-state index in [2.05, 4.69) is 27.4 Å². The highest BCUT2D eigenvalue weighted by molar-refractivity contribution is 7.91. The third-order valence-corrected chi connectivity index (χ3v) is 8.21. The number of nitrogens with one attached hydrogen (secondary N) is 2. The van der Waals surface area contributed by atoms with Crippen molar-refractivity contribution < 1.29 is 8.42 Å². The maximum Gasteiger partial charge on any atom is 0.252 e. The van der Waals surface area contributed by atoms with E-state index in [1.165, 1.54) is 41.6 Å². The third-order valence-electron chi connectivity index (χ3n) is 4.85. The van der Waals surface area contributed by atoms with Crippen LogP contribution in [0, 0.1) is 5.92 Å². The number of likely N-dealkylation sites (tertiary alicyclic amines) is 1. The maximum absolute atomic E-state index is 12.1. The van der Waals surface area contributed by atoms with Crippen LogP contribution in [0.2, 0.25) is 0 Å². The summed E-state index contributed by atoms with van der Waals surface area (Å²) in [4.78, 5) is 7.74. The zero-order valence-corrected chi connectivity index (χ0v) is 18.5. The number of hydrogen-bond acceptors (Lipinski definition) is 5. The van der Waals surface area contributed by atoms with E-state index in [9.17, 15) is 8.42 Å². The Bertz CT molecular complexity index is 707. The molecule has 0 amide bonds. The molecule has 0 bridgehead atoms. The van der Waals surface area contributed by atoms with Gasteiger partial charge in [0.05, 0.1) is 6.54 Å². The fourth-order valence-electron chi connectivity index (χ4n) is 2.96. The van der Waals surface area contributed by atoms with Crippen molar-refractivity contribution in [3.63, 3.8) is 0 Å². The number of hydrogen-bond donors (Lipinski definition) is 2. The van der Waals surface area contributed by atoms with Crippen LogP contribution in [0.3, 0.4) is 0 Å². The average Bonchev–Trinajstić information content (AvgIpc) is 3.12. The minimum Gasteiger partial charge on any atom is -0.356 e. The molecule has 9 heteroatoms. The molecule has 0 unspecified atom stereocenters. The molecule has 1 aromatic heterocycles. The molecule has 0 spiro atoms. The molecule has 0 aromatic carbocycles. The summed E-state index contributed by atoms with van der Waals surface area (Å²) in [6.45, 7) is 7.30. The molecule has 0 saturated carbocycles. The molecule has 0 aliphatic carbocycles. The molecule has 2 rings (SSSR count). The molecule has 1 aliphatic heterocycles. The van der Waals surface area contributed by atoms with E-state index in [-0.39, 0.29) is 0 Å². The lowest BCUT2D eigenvalue weighted by atomic mass is 9.99. The number of piperidine rings is 1. The lowest BCUT2D eigenvalue weighted by molar-refractivity contribution is 0.191. The standard InChI is InChI=1S/C18H33N5O2S2/c1-15-8-12-23(13-9-15)11-5-10-20-18(19-2)21-14-16-6-7-17(26-16)27(24,25)22(3)4/h6-7,15H,5,8-14H2,1-4H3,(H2,19,20,21). The highest BCUT2D eigenvalue weighted by Crippen LogP contribution is 2.23. The van der Waals surface area contributed by atoms with Gasteiger partial charge in [-0.25, -0.2) is 12.7 Å². The van der Waals surface area contributed by atoms with Gasteiger partial charge in [0.2, 0.25) is 0 Å². The van der Waals surface area contributed by atoms with E-state index in [0.29, 0.717) is 10.8 Å². The van der Waals surface area contributed by atoms with Gasteiger partial charge in [0.1, 0.15) is 4.21 Å². The predicted molar refractivity (Wildman–Crippen MR) is 113 cm³/mol. The predicted octanol–water partition coefficient (Wildman–Crippen LogP) is 1.79. The molecule has 1 fully saturated rings. The maximum atomic E-state index is 12.1. The van der Waals surface area contributed by atoms with Gasteiger partial charge in [-0.2, -0.15) is 0 Å². The van der Waals surface area contributed by atoms with Crippen molar-refractivity contribution >= 4 is 27.3 Å². The first-order valence-corrected chi connectivity index (χ1v) is 11.8. The first kappa shape index (κ1) is 22.1. The topological polar surface area (TPSA) is 77.0 Å². The Hall–Kier alpha value is -1.16. The Balaban J connectivity index is 1.71. The summed E-state index contributed by atoms with van der Waals surface area (Å²) >= 11 is 1.29. The largest absolute Gasteiger partial charge is 0.356 e. The van der Waals surface area contributed by atoms with Crippen LogP contribution in [-0.4, -0.2) is 70.9 Å². The summed E-state index contributed by atoms with van der Waals surface area (Å²) in [6.07, 6.45) is 3.70. The normalized spacial score (nSPS) is 17.4. The minimum atomic E-state index is -3.36. The molecular weight excluding hydrogens is 382 g/mol. The van der Waals surface area contributed by atoms with Crippen molar-refractivity contribution in [2.24, 2.45) is 10.9 Å². The fraction of sp³-hybridized carbons (Fsp3) is 0.722. The van der Waals surface area contributed by atoms with Crippen molar-refractivity contribution in [1.82, 2.24) is 19.8 Å². The molecule has 0 atom stereocenters. The summed E-state index contributed by atoms with van der Waals surface area (Å²) in [5.41, 5.74) is 0. The van der Waals surface area contributed by atoms with Crippen LogP contribution in [0.15, 0.2) is 21.3 Å². The van der Waals surface area contributed by atoms with Gasteiger partial charge in [-0.3, -0.25) is 4.99 Å². The van der Waals surface area contributed by atoms with Gasteiger partial charge in [-0.15, -0.1) is 11.3 Å². The van der Waals surface area contributed by atoms with Crippen molar-refractivity contribution in [2.75, 3.05) is 47.3 Å². The van der Waals surface area contributed by atoms with Gasteiger partial charge in [-0.05, 0) is 56.9 Å². The first-order chi connectivity index (χ1) is 12.8. The van der Waals surface area contributed by atoms with Gasteiger partial charge in [0.15, 0.2) is 5.96 Å². The zero-order chi connectivity index (χ0) is 19.9. The fourth-order valence-corrected chi connectivity index (χ4v) is 5.42. The van der Waals surface area contributed by atoms with Gasteiger partial charge >= 0.3 is 0 Å². The summed E-state index contributed by atoms with van der Waals surface area (Å²) in [7, 11) is 1.48. The second kappa shape index (κ2) is 10.4. The van der Waals surface area contributed by atoms with Crippen molar-refractivity contribution in [3.8, 4) is 0 Å². The van der Waals surface area contributed by atoms with Gasteiger partial charge in [0, 0.05) is 32.6 Å². The molecule has 0 radical (unpaired) electrons. The average molecular weight is 416 g/mol. The molecule has 154 valence electrons. The lowest BCUT2D eigenvalue weighted by Gasteiger charge is -2.30. The SMILES string of the molecule is CN=C(NCCCN1CCC(C)CC1)NCc1ccc(S(=O)(=O)N(C)C)s1. The number of rotatable bonds is 8. The summed E-state index contributed by atoms with van der Waals surface area (Å²) in [6, 6.07) is 3.51. The van der Waals surface area contributed by atoms with Crippen LogP contribution >= 0.6 is 11.3 Å². The zero-order valence-electron chi connectivity index (χ0n) is 16.9. The lowest BCUT2D eigenvalue weighted by Crippen LogP contribution is -2.39. The van der Waals surface area contributed by atoms with E-state index < -0.39 is 10.0 Å². The van der Waals surface area contributed by atoms with Gasteiger partial charge < -0.3 is 15.5 Å². The highest BCUT2D eigenvalue weighted by atomic mass is 32.2. The van der Waals surface area contributed by atoms with Crippen LogP contribution in [0.25, 0.3) is 0 Å². The highest BCUT2D eigenvalue weighted by Gasteiger charge is 2.19. The molecule has 1 saturated heterocycles. The van der Waals surface area contributed by atoms with Crippen LogP contribution in [0.1, 0.15) is 31.1 Å². The second-order valence-electron chi connectivity index (χ2n) is 7.24. The van der Waals surface area contributed by atoms with E-state index in [4.69, 9.17) is 0 Å². The minimum absolute atomic E-state index is 0.364. The number of nitrogens with zero attached hydrogens (tertiary/aromatic N) is 3. The molecular formula is C18H33N5O2S2. The van der Waals surface area contributed by atoms with Gasteiger partial charge in [0.25, 0.3) is 10.0 Å². The van der Waals surface area contributed by atoms with E-state index in [1.807, 2.05) is 6.07 Å². The van der Waals surface area contributed by atoms with Crippen LogP contribution in [0.4, 0.5) is 0 Å². The Morgan fingerprint density at radius 1 is 1.30 bits per heavy atom. The Morgan fingerprint density at radius 3 is 2.63 bits per heavy atom. The van der Waals surface area contributed by atoms with E-state index >= 15 is 0 Å². The van der Waals surface area contributed by atoms with Crippen LogP contribution in [-0.2, 0) is 16.6 Å². The quantitative estimate of drug-likeness (QED) is 0.385. The van der Waals surface area contributed by atoms with Crippen molar-refractivity contribution in [3.05, 3.63) is 17.0 Å². The monoisotopic (exact) mass is 415 g/mol. The van der Waals surface area contributed by atoms with Crippen LogP contribution in [0.5, 0.6) is 0 Å². The Morgan fingerprint density at radius 2 is 2.00 bits per heavy atom. The van der Waals surface area contributed by atoms with Gasteiger partial charge in [-0.1, -0.05) is 6.92 Å². The van der Waals surface area contributed by atoms with Crippen LogP contribution < -0.4 is 10.6 Å². The smallest absolute Gasteiger partial charge is 0.252 e. The molecule has 2 heterocycles. The molecule has 1 aromatic rings. The summed E-state index contributed by atoms with van der Waals surface area (Å²) in [5, 5.41) is 6.58. The third kappa shape index (κ3) is 6.74. The Labute approximate surface area is 167 Å². The van der Waals surface area contributed by atoms with Crippen molar-refractivity contribution in [2.45, 2.75) is 36.9 Å². The summed E-state index contributed by atoms with van der Waals surface area (Å²) < 4.78 is 25.9. The molecule has 27 heavy (non-hydrogen) atoms. The molecule has 2 N–H and O–H groups in total. The number of aliphatic imine (C=N–C) groups is 1. The molecule has 1 aliphatic rings. The number of sulfonamides is 1. The number of thiophene rings is 1. The van der Waals surface area contributed by atoms with Crippen molar-refractivity contribution in [1.29, 1.82) is 0 Å². The van der Waals surface area contributed by atoms with E-state index in [0.717, 1.165) is 36.3 Å². The first-order valence-electron chi connectivity index (χ1n) is 9.51. The second-order valence-corrected chi connectivity index (χ2v) is 10.8. The Kier molecular flexibility index (Phi) is 8.53. The number of guanidine groups is 1. The summed E-state index contributed by atoms with van der Waals surface area (Å²) in [5.74, 6) is 1.61.